The van der Waals surface area contributed by atoms with E-state index in [1.54, 1.807) is 0 Å². The second-order valence-corrected chi connectivity index (χ2v) is 8.51. The fourth-order valence-corrected chi connectivity index (χ4v) is 4.31. The number of rotatable bonds is 5. The first-order valence-corrected chi connectivity index (χ1v) is 11.1. The zero-order chi connectivity index (χ0) is 21.5. The fourth-order valence-electron chi connectivity index (χ4n) is 4.21. The molecule has 30 heavy (non-hydrogen) atoms. The molecule has 1 aliphatic carbocycles. The van der Waals surface area contributed by atoms with Crippen LogP contribution in [0.4, 0.5) is 14.5 Å². The van der Waals surface area contributed by atoms with Gasteiger partial charge >= 0.3 is 0 Å². The topological polar surface area (TPSA) is 12.4 Å². The van der Waals surface area contributed by atoms with Crippen LogP contribution in [0.15, 0.2) is 41.4 Å². The minimum atomic E-state index is -0.669. The molecule has 1 nitrogen and oxygen atoms in total. The average Bonchev–Trinajstić information content (AvgIpc) is 2.76. The van der Waals surface area contributed by atoms with Gasteiger partial charge in [-0.05, 0) is 85.8 Å². The van der Waals surface area contributed by atoms with Gasteiger partial charge in [-0.15, -0.1) is 0 Å². The van der Waals surface area contributed by atoms with E-state index in [2.05, 4.69) is 55.0 Å². The first-order chi connectivity index (χ1) is 14.5. The number of nitrogens with zero attached hydrogens (tertiary/aromatic N) is 1. The molecule has 0 spiro atoms. The minimum Gasteiger partial charge on any atom is -0.206 e. The van der Waals surface area contributed by atoms with Crippen LogP contribution < -0.4 is 0 Å². The maximum absolute atomic E-state index is 14.1. The Balaban J connectivity index is 1.64. The van der Waals surface area contributed by atoms with Gasteiger partial charge in [-0.1, -0.05) is 44.2 Å². The van der Waals surface area contributed by atoms with Gasteiger partial charge in [0.05, 0.1) is 10.7 Å². The van der Waals surface area contributed by atoms with Gasteiger partial charge in [0.2, 0.25) is 0 Å². The maximum Gasteiger partial charge on any atom is 0.151 e. The zero-order valence-electron chi connectivity index (χ0n) is 17.6. The third kappa shape index (κ3) is 5.85. The van der Waals surface area contributed by atoms with Crippen LogP contribution in [0.2, 0.25) is 0 Å². The van der Waals surface area contributed by atoms with Crippen LogP contribution in [0.1, 0.15) is 75.0 Å². The molecule has 0 bridgehead atoms. The molecule has 1 aliphatic rings. The highest BCUT2D eigenvalue weighted by Gasteiger charge is 2.23. The van der Waals surface area contributed by atoms with Crippen molar-refractivity contribution in [1.29, 1.82) is 0 Å². The first-order valence-electron chi connectivity index (χ1n) is 10.7. The SMILES string of the molecule is CCC(C)CC1CCC(c2ccc(C#Cc3cc(F)c(N=C=S)cc3F)cc2)CC1. The summed E-state index contributed by atoms with van der Waals surface area (Å²) >= 11 is 4.44. The molecule has 0 radical (unpaired) electrons. The standard InChI is InChI=1S/C26H27F2NS/c1-3-18(2)14-20-7-11-22(12-8-20)21-9-4-19(5-10-21)6-13-23-15-25(28)26(29-17-30)16-24(23)27/h4-5,9-10,15-16,18,20,22H,3,7-8,11-12,14H2,1-2H3. The largest absolute Gasteiger partial charge is 0.206 e. The summed E-state index contributed by atoms with van der Waals surface area (Å²) in [6.07, 6.45) is 7.73. The Morgan fingerprint density at radius 1 is 1.03 bits per heavy atom. The molecule has 1 fully saturated rings. The second-order valence-electron chi connectivity index (χ2n) is 8.33. The van der Waals surface area contributed by atoms with E-state index in [9.17, 15) is 8.78 Å². The lowest BCUT2D eigenvalue weighted by Crippen LogP contribution is -2.15. The Morgan fingerprint density at radius 2 is 1.73 bits per heavy atom. The predicted octanol–water partition coefficient (Wildman–Crippen LogP) is 7.81. The lowest BCUT2D eigenvalue weighted by atomic mass is 9.75. The van der Waals surface area contributed by atoms with Crippen molar-refractivity contribution in [2.24, 2.45) is 16.8 Å². The van der Waals surface area contributed by atoms with Gasteiger partial charge in [0.25, 0.3) is 0 Å². The van der Waals surface area contributed by atoms with Crippen molar-refractivity contribution in [3.8, 4) is 11.8 Å². The lowest BCUT2D eigenvalue weighted by Gasteiger charge is -2.30. The fraction of sp³-hybridized carbons (Fsp3) is 0.423. The first kappa shape index (κ1) is 22.3. The summed E-state index contributed by atoms with van der Waals surface area (Å²) in [6, 6.07) is 10.2. The Kier molecular flexibility index (Phi) is 7.91. The third-order valence-corrected chi connectivity index (χ3v) is 6.30. The van der Waals surface area contributed by atoms with Gasteiger partial charge in [-0.2, -0.15) is 4.99 Å². The van der Waals surface area contributed by atoms with E-state index < -0.39 is 11.6 Å². The number of halogens is 2. The molecule has 1 unspecified atom stereocenters. The molecule has 0 aromatic heterocycles. The van der Waals surface area contributed by atoms with Crippen LogP contribution in [0.3, 0.4) is 0 Å². The molecule has 2 aromatic rings. The summed E-state index contributed by atoms with van der Waals surface area (Å²) in [5.41, 5.74) is 1.96. The highest BCUT2D eigenvalue weighted by molar-refractivity contribution is 7.78. The Labute approximate surface area is 183 Å². The summed E-state index contributed by atoms with van der Waals surface area (Å²) in [6.45, 7) is 4.63. The van der Waals surface area contributed by atoms with Crippen molar-refractivity contribution in [2.45, 2.75) is 58.3 Å². The summed E-state index contributed by atoms with van der Waals surface area (Å²) in [4.78, 5) is 3.50. The zero-order valence-corrected chi connectivity index (χ0v) is 18.4. The molecule has 0 aliphatic heterocycles. The number of thiocarbonyl (C=S) groups is 1. The Morgan fingerprint density at radius 3 is 2.37 bits per heavy atom. The van der Waals surface area contributed by atoms with E-state index in [1.165, 1.54) is 44.1 Å². The normalized spacial score (nSPS) is 19.3. The predicted molar refractivity (Wildman–Crippen MR) is 122 cm³/mol. The molecule has 156 valence electrons. The molecule has 1 atom stereocenters. The molecular weight excluding hydrogens is 396 g/mol. The number of hydrogen-bond donors (Lipinski definition) is 0. The molecule has 0 amide bonds. The Bertz CT molecular complexity index is 973. The van der Waals surface area contributed by atoms with E-state index >= 15 is 0 Å². The molecule has 0 heterocycles. The van der Waals surface area contributed by atoms with Gasteiger partial charge in [0.15, 0.2) is 5.82 Å². The quantitative estimate of drug-likeness (QED) is 0.271. The van der Waals surface area contributed by atoms with E-state index in [4.69, 9.17) is 0 Å². The van der Waals surface area contributed by atoms with E-state index in [1.807, 2.05) is 17.3 Å². The van der Waals surface area contributed by atoms with E-state index in [0.29, 0.717) is 5.92 Å². The minimum absolute atomic E-state index is 0.000440. The highest BCUT2D eigenvalue weighted by Crippen LogP contribution is 2.38. The van der Waals surface area contributed by atoms with Crippen molar-refractivity contribution in [3.63, 3.8) is 0 Å². The molecule has 0 saturated heterocycles. The van der Waals surface area contributed by atoms with Crippen molar-refractivity contribution in [2.75, 3.05) is 0 Å². The molecule has 2 aromatic carbocycles. The van der Waals surface area contributed by atoms with E-state index in [0.717, 1.165) is 29.5 Å². The lowest BCUT2D eigenvalue weighted by molar-refractivity contribution is 0.273. The van der Waals surface area contributed by atoms with Crippen molar-refractivity contribution in [3.05, 3.63) is 64.7 Å². The summed E-state index contributed by atoms with van der Waals surface area (Å²) in [7, 11) is 0. The number of benzene rings is 2. The summed E-state index contributed by atoms with van der Waals surface area (Å²) in [5.74, 6) is 6.65. The molecule has 0 N–H and O–H groups in total. The van der Waals surface area contributed by atoms with Crippen molar-refractivity contribution in [1.82, 2.24) is 0 Å². The van der Waals surface area contributed by atoms with E-state index in [-0.39, 0.29) is 11.3 Å². The molecular formula is C26H27F2NS. The van der Waals surface area contributed by atoms with Gasteiger partial charge in [0, 0.05) is 11.6 Å². The van der Waals surface area contributed by atoms with Crippen LogP contribution in [0, 0.1) is 35.3 Å². The maximum atomic E-state index is 14.1. The van der Waals surface area contributed by atoms with Gasteiger partial charge in [-0.25, -0.2) is 8.78 Å². The third-order valence-electron chi connectivity index (χ3n) is 6.21. The van der Waals surface area contributed by atoms with Crippen LogP contribution >= 0.6 is 12.2 Å². The van der Waals surface area contributed by atoms with Crippen LogP contribution in [0.25, 0.3) is 0 Å². The average molecular weight is 424 g/mol. The van der Waals surface area contributed by atoms with Gasteiger partial charge in [-0.3, -0.25) is 0 Å². The monoisotopic (exact) mass is 423 g/mol. The molecule has 3 rings (SSSR count). The smallest absolute Gasteiger partial charge is 0.151 e. The molecule has 4 heteroatoms. The van der Waals surface area contributed by atoms with Gasteiger partial charge < -0.3 is 0 Å². The summed E-state index contributed by atoms with van der Waals surface area (Å²) < 4.78 is 28.0. The van der Waals surface area contributed by atoms with Crippen LogP contribution in [-0.2, 0) is 0 Å². The Hall–Kier alpha value is -2.34. The van der Waals surface area contributed by atoms with Crippen molar-refractivity contribution >= 4 is 23.1 Å². The molecule has 1 saturated carbocycles. The summed E-state index contributed by atoms with van der Waals surface area (Å²) in [5, 5.41) is 2.04. The number of hydrogen-bond acceptors (Lipinski definition) is 2. The number of isothiocyanates is 1. The highest BCUT2D eigenvalue weighted by atomic mass is 32.1. The number of aliphatic imine (C=N–C) groups is 1. The van der Waals surface area contributed by atoms with Crippen molar-refractivity contribution < 1.29 is 8.78 Å². The van der Waals surface area contributed by atoms with Gasteiger partial charge in [0.1, 0.15) is 11.5 Å². The van der Waals surface area contributed by atoms with Crippen LogP contribution in [-0.4, -0.2) is 5.16 Å². The second kappa shape index (κ2) is 10.6. The van der Waals surface area contributed by atoms with Crippen LogP contribution in [0.5, 0.6) is 0 Å².